The minimum absolute atomic E-state index is 0.143. The highest BCUT2D eigenvalue weighted by Gasteiger charge is 2.04. The molecule has 10 heavy (non-hydrogen) atoms. The van der Waals surface area contributed by atoms with E-state index in [1.807, 2.05) is 6.92 Å². The summed E-state index contributed by atoms with van der Waals surface area (Å²) in [5, 5.41) is 0. The van der Waals surface area contributed by atoms with Crippen molar-refractivity contribution in [3.63, 3.8) is 0 Å². The number of rotatable bonds is 4. The molecule has 0 aromatic carbocycles. The lowest BCUT2D eigenvalue weighted by Crippen LogP contribution is -2.28. The van der Waals surface area contributed by atoms with Crippen molar-refractivity contribution in [1.29, 1.82) is 0 Å². The Kier molecular flexibility index (Phi) is 4.94. The van der Waals surface area contributed by atoms with Crippen LogP contribution in [0.3, 0.4) is 0 Å². The molecule has 0 spiro atoms. The molecule has 0 aliphatic rings. The van der Waals surface area contributed by atoms with E-state index < -0.39 is 0 Å². The quantitative estimate of drug-likeness (QED) is 0.549. The third kappa shape index (κ3) is 3.45. The van der Waals surface area contributed by atoms with Crippen molar-refractivity contribution in [3.8, 4) is 0 Å². The van der Waals surface area contributed by atoms with Gasteiger partial charge in [-0.25, -0.2) is 0 Å². The maximum absolute atomic E-state index is 11.0. The first kappa shape index (κ1) is 9.43. The van der Waals surface area contributed by atoms with Gasteiger partial charge in [0.1, 0.15) is 6.73 Å². The van der Waals surface area contributed by atoms with Gasteiger partial charge >= 0.3 is 0 Å². The molecule has 0 fully saturated rings. The van der Waals surface area contributed by atoms with Crippen molar-refractivity contribution in [3.05, 3.63) is 0 Å². The SMILES string of the molecule is CCCC(=O)N(C)COC. The molecular weight excluding hydrogens is 130 g/mol. The van der Waals surface area contributed by atoms with Crippen molar-refractivity contribution < 1.29 is 9.53 Å². The molecule has 0 bridgehead atoms. The summed E-state index contributed by atoms with van der Waals surface area (Å²) in [6, 6.07) is 0. The van der Waals surface area contributed by atoms with Gasteiger partial charge in [-0.3, -0.25) is 4.79 Å². The summed E-state index contributed by atoms with van der Waals surface area (Å²) in [7, 11) is 3.32. The Bertz CT molecular complexity index is 104. The van der Waals surface area contributed by atoms with Crippen molar-refractivity contribution >= 4 is 5.91 Å². The molecule has 0 N–H and O–H groups in total. The fourth-order valence-electron chi connectivity index (χ4n) is 0.670. The first-order valence-electron chi connectivity index (χ1n) is 3.45. The van der Waals surface area contributed by atoms with Crippen molar-refractivity contribution in [1.82, 2.24) is 4.90 Å². The van der Waals surface area contributed by atoms with Crippen LogP contribution < -0.4 is 0 Å². The van der Waals surface area contributed by atoms with Crippen LogP contribution in [0.2, 0.25) is 0 Å². The minimum Gasteiger partial charge on any atom is -0.364 e. The molecule has 0 radical (unpaired) electrons. The van der Waals surface area contributed by atoms with Crippen molar-refractivity contribution in [2.75, 3.05) is 20.9 Å². The van der Waals surface area contributed by atoms with E-state index in [9.17, 15) is 4.79 Å². The molecule has 0 aromatic rings. The maximum Gasteiger partial charge on any atom is 0.224 e. The third-order valence-electron chi connectivity index (χ3n) is 1.21. The highest BCUT2D eigenvalue weighted by atomic mass is 16.5. The second-order valence-electron chi connectivity index (χ2n) is 2.26. The number of carbonyl (C=O) groups excluding carboxylic acids is 1. The minimum atomic E-state index is 0.143. The fourth-order valence-corrected chi connectivity index (χ4v) is 0.670. The summed E-state index contributed by atoms with van der Waals surface area (Å²) in [4.78, 5) is 12.6. The summed E-state index contributed by atoms with van der Waals surface area (Å²) in [6.07, 6.45) is 1.51. The Morgan fingerprint density at radius 1 is 1.60 bits per heavy atom. The van der Waals surface area contributed by atoms with Crippen LogP contribution in [0.25, 0.3) is 0 Å². The van der Waals surface area contributed by atoms with Gasteiger partial charge in [-0.1, -0.05) is 6.92 Å². The third-order valence-corrected chi connectivity index (χ3v) is 1.21. The van der Waals surface area contributed by atoms with Gasteiger partial charge in [-0.05, 0) is 6.42 Å². The predicted octanol–water partition coefficient (Wildman–Crippen LogP) is 0.849. The Morgan fingerprint density at radius 2 is 2.20 bits per heavy atom. The number of methoxy groups -OCH3 is 1. The zero-order valence-electron chi connectivity index (χ0n) is 6.89. The summed E-state index contributed by atoms with van der Waals surface area (Å²) >= 11 is 0. The standard InChI is InChI=1S/C7H15NO2/c1-4-5-7(9)8(2)6-10-3/h4-6H2,1-3H3. The predicted molar refractivity (Wildman–Crippen MR) is 39.6 cm³/mol. The Balaban J connectivity index is 3.49. The van der Waals surface area contributed by atoms with Gasteiger partial charge in [0.15, 0.2) is 0 Å². The molecule has 0 aromatic heterocycles. The number of carbonyl (C=O) groups is 1. The summed E-state index contributed by atoms with van der Waals surface area (Å²) < 4.78 is 4.78. The lowest BCUT2D eigenvalue weighted by molar-refractivity contribution is -0.134. The smallest absolute Gasteiger partial charge is 0.224 e. The monoisotopic (exact) mass is 145 g/mol. The highest BCUT2D eigenvalue weighted by molar-refractivity contribution is 5.75. The molecule has 3 heteroatoms. The summed E-state index contributed by atoms with van der Waals surface area (Å²) in [5.74, 6) is 0.143. The lowest BCUT2D eigenvalue weighted by atomic mass is 10.3. The van der Waals surface area contributed by atoms with Crippen LogP contribution in [-0.4, -0.2) is 31.7 Å². The average molecular weight is 145 g/mol. The number of hydrogen-bond acceptors (Lipinski definition) is 2. The zero-order valence-corrected chi connectivity index (χ0v) is 6.89. The van der Waals surface area contributed by atoms with E-state index in [1.165, 1.54) is 0 Å². The molecule has 0 heterocycles. The molecule has 0 rings (SSSR count). The highest BCUT2D eigenvalue weighted by Crippen LogP contribution is 1.93. The normalized spacial score (nSPS) is 9.50. The number of amides is 1. The van der Waals surface area contributed by atoms with E-state index in [1.54, 1.807) is 19.1 Å². The Labute approximate surface area is 62.0 Å². The number of ether oxygens (including phenoxy) is 1. The number of hydrogen-bond donors (Lipinski definition) is 0. The second kappa shape index (κ2) is 5.23. The fraction of sp³-hybridized carbons (Fsp3) is 0.857. The molecular formula is C7H15NO2. The summed E-state index contributed by atoms with van der Waals surface area (Å²) in [5.41, 5.74) is 0. The summed E-state index contributed by atoms with van der Waals surface area (Å²) in [6.45, 7) is 2.37. The van der Waals surface area contributed by atoms with Crippen LogP contribution in [0.4, 0.5) is 0 Å². The van der Waals surface area contributed by atoms with Crippen LogP contribution in [0.15, 0.2) is 0 Å². The van der Waals surface area contributed by atoms with Gasteiger partial charge in [-0.15, -0.1) is 0 Å². The maximum atomic E-state index is 11.0. The molecule has 0 saturated heterocycles. The van der Waals surface area contributed by atoms with Crippen LogP contribution in [0.1, 0.15) is 19.8 Å². The van der Waals surface area contributed by atoms with Crippen molar-refractivity contribution in [2.24, 2.45) is 0 Å². The lowest BCUT2D eigenvalue weighted by Gasteiger charge is -2.14. The van der Waals surface area contributed by atoms with Gasteiger partial charge < -0.3 is 9.64 Å². The second-order valence-corrected chi connectivity index (χ2v) is 2.26. The van der Waals surface area contributed by atoms with E-state index in [0.717, 1.165) is 6.42 Å². The van der Waals surface area contributed by atoms with Crippen LogP contribution in [0, 0.1) is 0 Å². The van der Waals surface area contributed by atoms with Gasteiger partial charge in [0.25, 0.3) is 0 Å². The van der Waals surface area contributed by atoms with E-state index >= 15 is 0 Å². The molecule has 1 amide bonds. The van der Waals surface area contributed by atoms with E-state index in [0.29, 0.717) is 13.2 Å². The van der Waals surface area contributed by atoms with Crippen molar-refractivity contribution in [2.45, 2.75) is 19.8 Å². The van der Waals surface area contributed by atoms with Crippen LogP contribution >= 0.6 is 0 Å². The molecule has 0 unspecified atom stereocenters. The Morgan fingerprint density at radius 3 is 2.60 bits per heavy atom. The number of nitrogens with zero attached hydrogens (tertiary/aromatic N) is 1. The first-order valence-corrected chi connectivity index (χ1v) is 3.45. The Hall–Kier alpha value is -0.570. The molecule has 0 saturated carbocycles. The van der Waals surface area contributed by atoms with E-state index in [-0.39, 0.29) is 5.91 Å². The zero-order chi connectivity index (χ0) is 7.98. The largest absolute Gasteiger partial charge is 0.364 e. The molecule has 3 nitrogen and oxygen atoms in total. The van der Waals surface area contributed by atoms with Gasteiger partial charge in [0, 0.05) is 20.6 Å². The molecule has 0 aliphatic carbocycles. The van der Waals surface area contributed by atoms with Gasteiger partial charge in [0.05, 0.1) is 0 Å². The molecule has 0 atom stereocenters. The van der Waals surface area contributed by atoms with E-state index in [2.05, 4.69) is 0 Å². The molecule has 60 valence electrons. The first-order chi connectivity index (χ1) is 4.72. The topological polar surface area (TPSA) is 29.5 Å². The van der Waals surface area contributed by atoms with Gasteiger partial charge in [0.2, 0.25) is 5.91 Å². The van der Waals surface area contributed by atoms with E-state index in [4.69, 9.17) is 4.74 Å². The van der Waals surface area contributed by atoms with Crippen LogP contribution in [-0.2, 0) is 9.53 Å². The molecule has 0 aliphatic heterocycles. The average Bonchev–Trinajstić information content (AvgIpc) is 1.89. The van der Waals surface area contributed by atoms with Gasteiger partial charge in [-0.2, -0.15) is 0 Å². The van der Waals surface area contributed by atoms with Crippen LogP contribution in [0.5, 0.6) is 0 Å².